The van der Waals surface area contributed by atoms with Crippen LogP contribution in [0.5, 0.6) is 0 Å². The predicted octanol–water partition coefficient (Wildman–Crippen LogP) is 7.79. The van der Waals surface area contributed by atoms with Gasteiger partial charge in [-0.05, 0) is 91.1 Å². The predicted molar refractivity (Wildman–Crippen MR) is 155 cm³/mol. The largest absolute Gasteiger partial charge is 0.366 e. The third-order valence-corrected chi connectivity index (χ3v) is 6.45. The molecule has 0 fully saturated rings. The van der Waals surface area contributed by atoms with E-state index < -0.39 is 5.91 Å². The monoisotopic (exact) mass is 506 g/mol. The molecular formula is C32H31FN4O. The van der Waals surface area contributed by atoms with Gasteiger partial charge in [-0.25, -0.2) is 4.39 Å². The van der Waals surface area contributed by atoms with E-state index in [-0.39, 0.29) is 5.82 Å². The first-order valence-electron chi connectivity index (χ1n) is 12.5. The van der Waals surface area contributed by atoms with Crippen molar-refractivity contribution < 1.29 is 9.18 Å². The molecule has 0 bridgehead atoms. The number of benzene rings is 3. The number of carbonyl (C=O) groups is 1. The van der Waals surface area contributed by atoms with Crippen molar-refractivity contribution in [3.8, 4) is 22.4 Å². The molecule has 0 radical (unpaired) electrons. The number of aryl methyl sites for hydroxylation is 1. The van der Waals surface area contributed by atoms with Crippen LogP contribution < -0.4 is 11.1 Å². The molecule has 0 spiro atoms. The van der Waals surface area contributed by atoms with Gasteiger partial charge in [0.1, 0.15) is 5.82 Å². The number of carbonyl (C=O) groups excluding carboxylic acids is 1. The van der Waals surface area contributed by atoms with Crippen LogP contribution in [-0.2, 0) is 0 Å². The molecule has 4 aromatic rings. The molecule has 6 heteroatoms. The van der Waals surface area contributed by atoms with E-state index in [2.05, 4.69) is 30.7 Å². The SMILES string of the molecule is C=C(Nc1ccc(C(N)=O)cc1)c1cc(-c2cccnc2-c2ccc(F)c(C)c2)ccc1/N=C\C(C)CC. The minimum atomic E-state index is -0.478. The maximum absolute atomic E-state index is 13.9. The number of nitrogens with one attached hydrogen (secondary N) is 1. The van der Waals surface area contributed by atoms with Crippen LogP contribution in [0.2, 0.25) is 0 Å². The maximum Gasteiger partial charge on any atom is 0.248 e. The molecule has 5 nitrogen and oxygen atoms in total. The van der Waals surface area contributed by atoms with E-state index in [1.807, 2.05) is 42.6 Å². The Morgan fingerprint density at radius 2 is 1.84 bits per heavy atom. The second kappa shape index (κ2) is 11.6. The van der Waals surface area contributed by atoms with Crippen LogP contribution in [0, 0.1) is 18.7 Å². The summed E-state index contributed by atoms with van der Waals surface area (Å²) in [6.45, 7) is 10.3. The molecule has 0 aliphatic rings. The Bertz CT molecular complexity index is 1510. The van der Waals surface area contributed by atoms with Gasteiger partial charge in [0.15, 0.2) is 0 Å². The lowest BCUT2D eigenvalue weighted by molar-refractivity contribution is 0.100. The highest BCUT2D eigenvalue weighted by molar-refractivity contribution is 5.93. The van der Waals surface area contributed by atoms with Crippen molar-refractivity contribution in [2.75, 3.05) is 5.32 Å². The summed E-state index contributed by atoms with van der Waals surface area (Å²) in [6, 6.07) is 21.8. The number of primary amides is 1. The van der Waals surface area contributed by atoms with E-state index in [4.69, 9.17) is 10.7 Å². The number of pyridine rings is 1. The Kier molecular flexibility index (Phi) is 8.12. The van der Waals surface area contributed by atoms with Crippen molar-refractivity contribution in [2.24, 2.45) is 16.6 Å². The first kappa shape index (κ1) is 26.5. The van der Waals surface area contributed by atoms with Crippen molar-refractivity contribution in [1.29, 1.82) is 0 Å². The molecule has 192 valence electrons. The van der Waals surface area contributed by atoms with Crippen molar-refractivity contribution in [3.63, 3.8) is 0 Å². The van der Waals surface area contributed by atoms with Gasteiger partial charge in [-0.3, -0.25) is 14.8 Å². The van der Waals surface area contributed by atoms with Crippen LogP contribution in [-0.4, -0.2) is 17.1 Å². The third-order valence-electron chi connectivity index (χ3n) is 6.45. The molecule has 1 unspecified atom stereocenters. The van der Waals surface area contributed by atoms with Crippen molar-refractivity contribution in [3.05, 3.63) is 108 Å². The first-order chi connectivity index (χ1) is 18.3. The van der Waals surface area contributed by atoms with Crippen molar-refractivity contribution >= 4 is 29.2 Å². The fourth-order valence-corrected chi connectivity index (χ4v) is 3.99. The van der Waals surface area contributed by atoms with Crippen LogP contribution >= 0.6 is 0 Å². The van der Waals surface area contributed by atoms with E-state index in [0.717, 1.165) is 45.7 Å². The normalized spacial score (nSPS) is 11.9. The van der Waals surface area contributed by atoms with Gasteiger partial charge in [-0.2, -0.15) is 0 Å². The fraction of sp³-hybridized carbons (Fsp3) is 0.156. The summed E-state index contributed by atoms with van der Waals surface area (Å²) in [7, 11) is 0. The molecule has 3 N–H and O–H groups in total. The number of hydrogen-bond donors (Lipinski definition) is 2. The highest BCUT2D eigenvalue weighted by atomic mass is 19.1. The quantitative estimate of drug-likeness (QED) is 0.227. The van der Waals surface area contributed by atoms with Crippen LogP contribution in [0.3, 0.4) is 0 Å². The maximum atomic E-state index is 13.9. The van der Waals surface area contributed by atoms with E-state index >= 15 is 0 Å². The zero-order chi connectivity index (χ0) is 27.2. The van der Waals surface area contributed by atoms with Gasteiger partial charge in [0.2, 0.25) is 5.91 Å². The molecule has 0 saturated heterocycles. The average molecular weight is 507 g/mol. The Labute approximate surface area is 223 Å². The average Bonchev–Trinajstić information content (AvgIpc) is 2.93. The molecule has 1 heterocycles. The minimum Gasteiger partial charge on any atom is -0.366 e. The van der Waals surface area contributed by atoms with Gasteiger partial charge in [-0.15, -0.1) is 0 Å². The zero-order valence-electron chi connectivity index (χ0n) is 21.8. The first-order valence-corrected chi connectivity index (χ1v) is 12.5. The Morgan fingerprint density at radius 1 is 1.11 bits per heavy atom. The van der Waals surface area contributed by atoms with E-state index in [0.29, 0.717) is 22.7 Å². The van der Waals surface area contributed by atoms with Gasteiger partial charge >= 0.3 is 0 Å². The molecule has 38 heavy (non-hydrogen) atoms. The van der Waals surface area contributed by atoms with Crippen LogP contribution in [0.1, 0.15) is 41.8 Å². The van der Waals surface area contributed by atoms with Gasteiger partial charge in [0.05, 0.1) is 11.4 Å². The Hall–Kier alpha value is -4.58. The standard InChI is InChI=1S/C32H31FN4O/c1-5-20(2)19-36-30-15-11-24(18-28(30)22(4)37-26-12-8-23(9-13-26)32(34)38)27-7-6-16-35-31(27)25-10-14-29(33)21(3)17-25/h6-20,37H,4-5H2,1-3H3,(H2,34,38)/b36-19-. The highest BCUT2D eigenvalue weighted by Gasteiger charge is 2.14. The molecule has 4 rings (SSSR count). The topological polar surface area (TPSA) is 80.4 Å². The van der Waals surface area contributed by atoms with Gasteiger partial charge in [0.25, 0.3) is 0 Å². The summed E-state index contributed by atoms with van der Waals surface area (Å²) in [4.78, 5) is 20.8. The number of hydrogen-bond acceptors (Lipinski definition) is 4. The third kappa shape index (κ3) is 6.03. The van der Waals surface area contributed by atoms with E-state index in [1.165, 1.54) is 6.07 Å². The summed E-state index contributed by atoms with van der Waals surface area (Å²) in [6.07, 6.45) is 4.67. The zero-order valence-corrected chi connectivity index (χ0v) is 21.8. The van der Waals surface area contributed by atoms with E-state index in [1.54, 1.807) is 43.5 Å². The number of nitrogens with zero attached hydrogens (tertiary/aromatic N) is 2. The molecular weight excluding hydrogens is 475 g/mol. The molecule has 1 amide bonds. The lowest BCUT2D eigenvalue weighted by atomic mass is 9.95. The highest BCUT2D eigenvalue weighted by Crippen LogP contribution is 2.36. The van der Waals surface area contributed by atoms with Gasteiger partial charge in [0, 0.05) is 46.0 Å². The lowest BCUT2D eigenvalue weighted by Gasteiger charge is -2.16. The van der Waals surface area contributed by atoms with Gasteiger partial charge in [-0.1, -0.05) is 32.6 Å². The fourth-order valence-electron chi connectivity index (χ4n) is 3.99. The van der Waals surface area contributed by atoms with Crippen LogP contribution in [0.4, 0.5) is 15.8 Å². The summed E-state index contributed by atoms with van der Waals surface area (Å²) in [5, 5.41) is 3.33. The summed E-state index contributed by atoms with van der Waals surface area (Å²) < 4.78 is 13.9. The second-order valence-corrected chi connectivity index (χ2v) is 9.30. The summed E-state index contributed by atoms with van der Waals surface area (Å²) in [5.41, 5.74) is 12.8. The Balaban J connectivity index is 1.77. The molecule has 0 aliphatic carbocycles. The lowest BCUT2D eigenvalue weighted by Crippen LogP contribution is -2.10. The Morgan fingerprint density at radius 3 is 2.53 bits per heavy atom. The molecule has 0 aliphatic heterocycles. The molecule has 1 aromatic heterocycles. The van der Waals surface area contributed by atoms with Crippen molar-refractivity contribution in [1.82, 2.24) is 4.98 Å². The van der Waals surface area contributed by atoms with Crippen LogP contribution in [0.25, 0.3) is 28.1 Å². The second-order valence-electron chi connectivity index (χ2n) is 9.30. The molecule has 3 aromatic carbocycles. The summed E-state index contributed by atoms with van der Waals surface area (Å²) in [5.74, 6) is -0.395. The number of amides is 1. The molecule has 1 atom stereocenters. The van der Waals surface area contributed by atoms with Gasteiger partial charge < -0.3 is 11.1 Å². The minimum absolute atomic E-state index is 0.247. The number of anilines is 1. The number of halogens is 1. The number of nitrogens with two attached hydrogens (primary N) is 1. The summed E-state index contributed by atoms with van der Waals surface area (Å²) >= 11 is 0. The number of aromatic nitrogens is 1. The smallest absolute Gasteiger partial charge is 0.248 e. The molecule has 0 saturated carbocycles. The number of rotatable bonds is 9. The van der Waals surface area contributed by atoms with Crippen LogP contribution in [0.15, 0.2) is 90.6 Å². The van der Waals surface area contributed by atoms with Crippen molar-refractivity contribution in [2.45, 2.75) is 27.2 Å². The number of aliphatic imine (C=N–C) groups is 1. The van der Waals surface area contributed by atoms with E-state index in [9.17, 15) is 9.18 Å².